The molecule has 11 aromatic rings. The Hall–Kier alpha value is -7.21. The zero-order valence-electron chi connectivity index (χ0n) is 30.1. The third-order valence-corrected chi connectivity index (χ3v) is 11.7. The maximum atomic E-state index is 6.48. The number of hydrogen-bond donors (Lipinski definition) is 0. The van der Waals surface area contributed by atoms with E-state index in [0.717, 1.165) is 76.7 Å². The van der Waals surface area contributed by atoms with Gasteiger partial charge in [-0.05, 0) is 75.8 Å². The highest BCUT2D eigenvalue weighted by Crippen LogP contribution is 2.44. The lowest BCUT2D eigenvalue weighted by atomic mass is 9.94. The molecule has 0 aliphatic rings. The number of para-hydroxylation sites is 1. The highest BCUT2D eigenvalue weighted by molar-refractivity contribution is 7.26. The fourth-order valence-electron chi connectivity index (χ4n) is 7.83. The van der Waals surface area contributed by atoms with Gasteiger partial charge in [-0.2, -0.15) is 0 Å². The van der Waals surface area contributed by atoms with Crippen LogP contribution in [0.4, 0.5) is 0 Å². The van der Waals surface area contributed by atoms with E-state index in [-0.39, 0.29) is 0 Å². The van der Waals surface area contributed by atoms with Gasteiger partial charge in [0.25, 0.3) is 0 Å². The van der Waals surface area contributed by atoms with E-state index < -0.39 is 0 Å². The van der Waals surface area contributed by atoms with Crippen LogP contribution in [0.2, 0.25) is 0 Å². The Bertz CT molecular complexity index is 3240. The summed E-state index contributed by atoms with van der Waals surface area (Å²) in [5.74, 6) is 1.94. The number of aromatic nitrogens is 3. The molecule has 0 atom stereocenters. The van der Waals surface area contributed by atoms with E-state index in [0.29, 0.717) is 17.5 Å². The fourth-order valence-corrected chi connectivity index (χ4v) is 9.02. The van der Waals surface area contributed by atoms with Crippen molar-refractivity contribution >= 4 is 53.4 Å². The predicted octanol–water partition coefficient (Wildman–Crippen LogP) is 14.1. The Morgan fingerprint density at radius 3 is 1.75 bits per heavy atom. The normalized spacial score (nSPS) is 11.6. The Morgan fingerprint density at radius 1 is 0.339 bits per heavy atom. The first-order valence-corrected chi connectivity index (χ1v) is 19.5. The molecule has 8 aromatic carbocycles. The van der Waals surface area contributed by atoms with Gasteiger partial charge in [0.05, 0.1) is 0 Å². The minimum Gasteiger partial charge on any atom is -0.456 e. The summed E-state index contributed by atoms with van der Waals surface area (Å²) < 4.78 is 8.83. The van der Waals surface area contributed by atoms with Gasteiger partial charge in [-0.3, -0.25) is 0 Å². The van der Waals surface area contributed by atoms with Crippen molar-refractivity contribution in [3.8, 4) is 67.5 Å². The summed E-state index contributed by atoms with van der Waals surface area (Å²) in [6.07, 6.45) is 0. The average molecular weight is 734 g/mol. The molecule has 3 heterocycles. The van der Waals surface area contributed by atoms with Crippen molar-refractivity contribution in [2.75, 3.05) is 0 Å². The quantitative estimate of drug-likeness (QED) is 0.171. The van der Waals surface area contributed by atoms with Crippen LogP contribution in [0.25, 0.3) is 110 Å². The molecule has 3 aromatic heterocycles. The molecule has 0 amide bonds. The standard InChI is InChI=1S/C51H31N3OS/c1-4-14-32(15-5-1)35-20-12-21-37(28-35)50-52-49(34-18-8-3-9-19-34)53-51(54-50)41-24-13-23-39-43-29-36(26-27-46(43)56-48(39)41)38-30-42(33-16-6-2-7-17-33)47-40-22-10-11-25-44(40)55-45(47)31-38/h1-31H. The lowest BCUT2D eigenvalue weighted by Gasteiger charge is -2.10. The molecular formula is C51H31N3OS. The van der Waals surface area contributed by atoms with Gasteiger partial charge >= 0.3 is 0 Å². The second-order valence-electron chi connectivity index (χ2n) is 14.0. The topological polar surface area (TPSA) is 51.8 Å². The molecule has 4 nitrogen and oxygen atoms in total. The van der Waals surface area contributed by atoms with E-state index in [1.54, 1.807) is 11.3 Å². The van der Waals surface area contributed by atoms with Gasteiger partial charge in [-0.25, -0.2) is 15.0 Å². The van der Waals surface area contributed by atoms with Gasteiger partial charge in [0.15, 0.2) is 17.5 Å². The Balaban J connectivity index is 1.07. The molecule has 262 valence electrons. The first-order valence-electron chi connectivity index (χ1n) is 18.7. The third-order valence-electron chi connectivity index (χ3n) is 10.5. The SMILES string of the molecule is c1ccc(-c2cccc(-c3nc(-c4ccccc4)nc(-c4cccc5c4sc4ccc(-c6cc(-c7ccccc7)c7c(c6)oc6ccccc67)cc45)n3)c2)cc1. The van der Waals surface area contributed by atoms with Crippen LogP contribution in [-0.2, 0) is 0 Å². The van der Waals surface area contributed by atoms with Gasteiger partial charge in [-0.15, -0.1) is 11.3 Å². The molecule has 0 unspecified atom stereocenters. The molecule has 0 aliphatic carbocycles. The summed E-state index contributed by atoms with van der Waals surface area (Å²) in [6.45, 7) is 0. The van der Waals surface area contributed by atoms with Crippen molar-refractivity contribution in [1.82, 2.24) is 15.0 Å². The van der Waals surface area contributed by atoms with Crippen LogP contribution in [0.3, 0.4) is 0 Å². The smallest absolute Gasteiger partial charge is 0.165 e. The molecular weight excluding hydrogens is 703 g/mol. The minimum atomic E-state index is 0.641. The summed E-state index contributed by atoms with van der Waals surface area (Å²) in [6, 6.07) is 65.7. The Labute approximate surface area is 327 Å². The summed E-state index contributed by atoms with van der Waals surface area (Å²) in [5.41, 5.74) is 11.5. The second-order valence-corrected chi connectivity index (χ2v) is 15.0. The second kappa shape index (κ2) is 13.3. The molecule has 0 spiro atoms. The molecule has 0 fully saturated rings. The van der Waals surface area contributed by atoms with Crippen LogP contribution in [-0.4, -0.2) is 15.0 Å². The highest BCUT2D eigenvalue weighted by Gasteiger charge is 2.19. The number of hydrogen-bond acceptors (Lipinski definition) is 5. The van der Waals surface area contributed by atoms with E-state index in [1.807, 2.05) is 36.4 Å². The minimum absolute atomic E-state index is 0.641. The monoisotopic (exact) mass is 733 g/mol. The number of benzene rings is 8. The molecule has 11 rings (SSSR count). The van der Waals surface area contributed by atoms with Crippen LogP contribution >= 0.6 is 11.3 Å². The molecule has 0 bridgehead atoms. The number of fused-ring (bicyclic) bond motifs is 6. The van der Waals surface area contributed by atoms with Crippen molar-refractivity contribution in [3.63, 3.8) is 0 Å². The summed E-state index contributed by atoms with van der Waals surface area (Å²) >= 11 is 1.78. The molecule has 56 heavy (non-hydrogen) atoms. The number of nitrogens with zero attached hydrogens (tertiary/aromatic N) is 3. The van der Waals surface area contributed by atoms with Gasteiger partial charge < -0.3 is 4.42 Å². The molecule has 0 N–H and O–H groups in total. The maximum absolute atomic E-state index is 6.48. The van der Waals surface area contributed by atoms with Gasteiger partial charge in [0.2, 0.25) is 0 Å². The van der Waals surface area contributed by atoms with Crippen LogP contribution in [0.5, 0.6) is 0 Å². The summed E-state index contributed by atoms with van der Waals surface area (Å²) in [5, 5.41) is 4.64. The Kier molecular flexibility index (Phi) is 7.64. The molecule has 0 saturated carbocycles. The van der Waals surface area contributed by atoms with E-state index in [2.05, 4.69) is 152 Å². The zero-order chi connectivity index (χ0) is 37.0. The van der Waals surface area contributed by atoms with Crippen molar-refractivity contribution in [2.24, 2.45) is 0 Å². The van der Waals surface area contributed by atoms with E-state index in [9.17, 15) is 0 Å². The summed E-state index contributed by atoms with van der Waals surface area (Å²) in [7, 11) is 0. The van der Waals surface area contributed by atoms with E-state index >= 15 is 0 Å². The number of thiophene rings is 1. The molecule has 0 aliphatic heterocycles. The van der Waals surface area contributed by atoms with Gasteiger partial charge in [-0.1, -0.05) is 146 Å². The van der Waals surface area contributed by atoms with Crippen LogP contribution in [0.15, 0.2) is 192 Å². The van der Waals surface area contributed by atoms with Crippen molar-refractivity contribution < 1.29 is 4.42 Å². The van der Waals surface area contributed by atoms with Crippen molar-refractivity contribution in [1.29, 1.82) is 0 Å². The summed E-state index contributed by atoms with van der Waals surface area (Å²) in [4.78, 5) is 15.3. The van der Waals surface area contributed by atoms with Gasteiger partial charge in [0.1, 0.15) is 11.2 Å². The van der Waals surface area contributed by atoms with Gasteiger partial charge in [0, 0.05) is 47.6 Å². The molecule has 5 heteroatoms. The maximum Gasteiger partial charge on any atom is 0.165 e. The van der Waals surface area contributed by atoms with Crippen molar-refractivity contribution in [3.05, 3.63) is 188 Å². The lowest BCUT2D eigenvalue weighted by Crippen LogP contribution is -2.00. The molecule has 0 radical (unpaired) electrons. The van der Waals surface area contributed by atoms with E-state index in [1.165, 1.54) is 15.5 Å². The van der Waals surface area contributed by atoms with Crippen LogP contribution in [0, 0.1) is 0 Å². The number of rotatable bonds is 6. The Morgan fingerprint density at radius 2 is 0.946 bits per heavy atom. The molecule has 0 saturated heterocycles. The van der Waals surface area contributed by atoms with Crippen LogP contribution in [0.1, 0.15) is 0 Å². The lowest BCUT2D eigenvalue weighted by molar-refractivity contribution is 0.669. The predicted molar refractivity (Wildman–Crippen MR) is 233 cm³/mol. The third kappa shape index (κ3) is 5.56. The van der Waals surface area contributed by atoms with Crippen molar-refractivity contribution in [2.45, 2.75) is 0 Å². The largest absolute Gasteiger partial charge is 0.456 e. The average Bonchev–Trinajstić information content (AvgIpc) is 3.85. The zero-order valence-corrected chi connectivity index (χ0v) is 30.9. The highest BCUT2D eigenvalue weighted by atomic mass is 32.1. The fraction of sp³-hybridized carbons (Fsp3) is 0. The number of furan rings is 1. The van der Waals surface area contributed by atoms with Crippen LogP contribution < -0.4 is 0 Å². The first-order chi connectivity index (χ1) is 27.7. The first kappa shape index (κ1) is 32.2. The van der Waals surface area contributed by atoms with E-state index in [4.69, 9.17) is 19.4 Å².